The molecule has 0 aromatic carbocycles. The van der Waals surface area contributed by atoms with Crippen LogP contribution in [0.25, 0.3) is 0 Å². The van der Waals surface area contributed by atoms with Gasteiger partial charge in [-0.1, -0.05) is 0 Å². The predicted molar refractivity (Wildman–Crippen MR) is 80.5 cm³/mol. The van der Waals surface area contributed by atoms with E-state index in [0.717, 1.165) is 30.2 Å². The third-order valence-electron chi connectivity index (χ3n) is 3.76. The van der Waals surface area contributed by atoms with Crippen LogP contribution in [0.2, 0.25) is 0 Å². The highest BCUT2D eigenvalue weighted by molar-refractivity contribution is 5.64. The molecule has 2 rings (SSSR count). The molecule has 1 aliphatic heterocycles. The van der Waals surface area contributed by atoms with Crippen LogP contribution in [0.3, 0.4) is 0 Å². The predicted octanol–water partition coefficient (Wildman–Crippen LogP) is 2.25. The van der Waals surface area contributed by atoms with Gasteiger partial charge >= 0.3 is 0 Å². The van der Waals surface area contributed by atoms with Gasteiger partial charge in [-0.25, -0.2) is 4.68 Å². The molecule has 19 heavy (non-hydrogen) atoms. The Balaban J connectivity index is 1.84. The van der Waals surface area contributed by atoms with E-state index in [1.165, 1.54) is 32.5 Å². The molecule has 0 amide bonds. The molecule has 0 bridgehead atoms. The average molecular weight is 265 g/mol. The summed E-state index contributed by atoms with van der Waals surface area (Å²) < 4.78 is 1.99. The van der Waals surface area contributed by atoms with E-state index >= 15 is 0 Å². The summed E-state index contributed by atoms with van der Waals surface area (Å²) in [6.07, 6.45) is 3.88. The number of likely N-dealkylation sites (tertiary alicyclic amines) is 1. The molecule has 0 atom stereocenters. The normalized spacial score (nSPS) is 16.4. The second-order valence-corrected chi connectivity index (χ2v) is 5.72. The number of hydrogen-bond donors (Lipinski definition) is 2. The third kappa shape index (κ3) is 3.41. The van der Waals surface area contributed by atoms with Crippen LogP contribution in [0.15, 0.2) is 0 Å². The fraction of sp³-hybridized carbons (Fsp3) is 0.786. The van der Waals surface area contributed by atoms with Gasteiger partial charge in [0.2, 0.25) is 0 Å². The number of nitrogens with one attached hydrogen (secondary N) is 1. The molecule has 0 saturated carbocycles. The van der Waals surface area contributed by atoms with Crippen LogP contribution >= 0.6 is 0 Å². The molecule has 0 aliphatic carbocycles. The first-order chi connectivity index (χ1) is 9.09. The van der Waals surface area contributed by atoms with Crippen LogP contribution < -0.4 is 11.1 Å². The number of hydrogen-bond acceptors (Lipinski definition) is 4. The SMILES string of the molecule is Cc1nn(C(C)C)c(NCCCN2CCCC2)c1N. The Hall–Kier alpha value is -1.23. The zero-order valence-electron chi connectivity index (χ0n) is 12.4. The number of nitrogen functional groups attached to an aromatic ring is 1. The molecule has 3 N–H and O–H groups in total. The van der Waals surface area contributed by atoms with Gasteiger partial charge in [0, 0.05) is 12.6 Å². The summed E-state index contributed by atoms with van der Waals surface area (Å²) in [7, 11) is 0. The minimum Gasteiger partial charge on any atom is -0.394 e. The molecule has 5 heteroatoms. The van der Waals surface area contributed by atoms with Gasteiger partial charge in [-0.15, -0.1) is 0 Å². The van der Waals surface area contributed by atoms with Gasteiger partial charge in [-0.3, -0.25) is 0 Å². The fourth-order valence-corrected chi connectivity index (χ4v) is 2.63. The maximum absolute atomic E-state index is 6.09. The van der Waals surface area contributed by atoms with Crippen LogP contribution in [0.4, 0.5) is 11.5 Å². The van der Waals surface area contributed by atoms with Crippen molar-refractivity contribution in [1.82, 2.24) is 14.7 Å². The molecule has 2 heterocycles. The summed E-state index contributed by atoms with van der Waals surface area (Å²) in [5, 5.41) is 7.94. The van der Waals surface area contributed by atoms with Crippen LogP contribution in [-0.2, 0) is 0 Å². The number of anilines is 2. The summed E-state index contributed by atoms with van der Waals surface area (Å²) in [5.74, 6) is 0.980. The van der Waals surface area contributed by atoms with E-state index in [-0.39, 0.29) is 0 Å². The Kier molecular flexibility index (Phi) is 4.69. The smallest absolute Gasteiger partial charge is 0.148 e. The maximum atomic E-state index is 6.09. The molecule has 1 fully saturated rings. The van der Waals surface area contributed by atoms with Crippen LogP contribution in [0.1, 0.15) is 44.8 Å². The van der Waals surface area contributed by atoms with Gasteiger partial charge in [-0.2, -0.15) is 5.10 Å². The van der Waals surface area contributed by atoms with Crippen molar-refractivity contribution in [1.29, 1.82) is 0 Å². The fourth-order valence-electron chi connectivity index (χ4n) is 2.63. The molecular formula is C14H27N5. The zero-order chi connectivity index (χ0) is 13.8. The van der Waals surface area contributed by atoms with Gasteiger partial charge in [0.25, 0.3) is 0 Å². The molecule has 108 valence electrons. The molecule has 1 aliphatic rings. The number of nitrogens with zero attached hydrogens (tertiary/aromatic N) is 3. The van der Waals surface area contributed by atoms with E-state index < -0.39 is 0 Å². The first kappa shape index (κ1) is 14.2. The number of nitrogens with two attached hydrogens (primary N) is 1. The summed E-state index contributed by atoms with van der Waals surface area (Å²) in [6.45, 7) is 10.9. The van der Waals surface area contributed by atoms with E-state index in [2.05, 4.69) is 29.2 Å². The van der Waals surface area contributed by atoms with Gasteiger partial charge in [0.15, 0.2) is 0 Å². The lowest BCUT2D eigenvalue weighted by Crippen LogP contribution is -2.23. The van der Waals surface area contributed by atoms with Crippen molar-refractivity contribution in [3.63, 3.8) is 0 Å². The van der Waals surface area contributed by atoms with Gasteiger partial charge in [-0.05, 0) is 59.7 Å². The third-order valence-corrected chi connectivity index (χ3v) is 3.76. The second kappa shape index (κ2) is 6.28. The lowest BCUT2D eigenvalue weighted by atomic mass is 10.3. The van der Waals surface area contributed by atoms with E-state index in [0.29, 0.717) is 6.04 Å². The molecule has 5 nitrogen and oxygen atoms in total. The number of aromatic nitrogens is 2. The van der Waals surface area contributed by atoms with Crippen molar-refractivity contribution >= 4 is 11.5 Å². The van der Waals surface area contributed by atoms with Crippen molar-refractivity contribution in [2.45, 2.75) is 46.1 Å². The van der Waals surface area contributed by atoms with Gasteiger partial charge in [0.1, 0.15) is 5.82 Å². The number of rotatable bonds is 6. The Morgan fingerprint density at radius 1 is 1.32 bits per heavy atom. The maximum Gasteiger partial charge on any atom is 0.148 e. The highest BCUT2D eigenvalue weighted by Crippen LogP contribution is 2.25. The minimum absolute atomic E-state index is 0.331. The van der Waals surface area contributed by atoms with Crippen LogP contribution in [-0.4, -0.2) is 40.9 Å². The second-order valence-electron chi connectivity index (χ2n) is 5.72. The first-order valence-electron chi connectivity index (χ1n) is 7.40. The Morgan fingerprint density at radius 3 is 2.63 bits per heavy atom. The topological polar surface area (TPSA) is 59.1 Å². The molecule has 1 aromatic heterocycles. The van der Waals surface area contributed by atoms with Crippen molar-refractivity contribution < 1.29 is 0 Å². The number of aryl methyl sites for hydroxylation is 1. The quantitative estimate of drug-likeness (QED) is 0.775. The van der Waals surface area contributed by atoms with Crippen molar-refractivity contribution in [2.75, 3.05) is 37.2 Å². The van der Waals surface area contributed by atoms with E-state index in [1.54, 1.807) is 0 Å². The molecule has 0 radical (unpaired) electrons. The van der Waals surface area contributed by atoms with Crippen molar-refractivity contribution in [3.8, 4) is 0 Å². The summed E-state index contributed by atoms with van der Waals surface area (Å²) in [4.78, 5) is 2.54. The molecule has 1 aromatic rings. The first-order valence-corrected chi connectivity index (χ1v) is 7.40. The van der Waals surface area contributed by atoms with Gasteiger partial charge in [0.05, 0.1) is 11.4 Å². The lowest BCUT2D eigenvalue weighted by molar-refractivity contribution is 0.337. The zero-order valence-corrected chi connectivity index (χ0v) is 12.4. The highest BCUT2D eigenvalue weighted by Gasteiger charge is 2.14. The van der Waals surface area contributed by atoms with Crippen molar-refractivity contribution in [3.05, 3.63) is 5.69 Å². The summed E-state index contributed by atoms with van der Waals surface area (Å²) in [5.41, 5.74) is 7.79. The Bertz CT molecular complexity index is 404. The summed E-state index contributed by atoms with van der Waals surface area (Å²) in [6, 6.07) is 0.331. The molecular weight excluding hydrogens is 238 g/mol. The molecule has 0 spiro atoms. The van der Waals surface area contributed by atoms with Crippen molar-refractivity contribution in [2.24, 2.45) is 0 Å². The molecule has 0 unspecified atom stereocenters. The molecule has 1 saturated heterocycles. The highest BCUT2D eigenvalue weighted by atomic mass is 15.4. The summed E-state index contributed by atoms with van der Waals surface area (Å²) >= 11 is 0. The van der Waals surface area contributed by atoms with E-state index in [4.69, 9.17) is 5.73 Å². The monoisotopic (exact) mass is 265 g/mol. The average Bonchev–Trinajstić information content (AvgIpc) is 2.97. The minimum atomic E-state index is 0.331. The van der Waals surface area contributed by atoms with Crippen LogP contribution in [0, 0.1) is 6.92 Å². The van der Waals surface area contributed by atoms with Crippen LogP contribution in [0.5, 0.6) is 0 Å². The van der Waals surface area contributed by atoms with E-state index in [1.807, 2.05) is 11.6 Å². The Labute approximate surface area is 116 Å². The standard InChI is InChI=1S/C14H27N5/c1-11(2)19-14(13(15)12(3)17-19)16-7-6-10-18-8-4-5-9-18/h11,16H,4-10,15H2,1-3H3. The van der Waals surface area contributed by atoms with E-state index in [9.17, 15) is 0 Å². The van der Waals surface area contributed by atoms with Gasteiger partial charge < -0.3 is 16.0 Å². The largest absolute Gasteiger partial charge is 0.394 e. The Morgan fingerprint density at radius 2 is 2.00 bits per heavy atom. The lowest BCUT2D eigenvalue weighted by Gasteiger charge is -2.16.